The number of likely N-dealkylation sites (N-methyl/N-ethyl adjacent to an activating group) is 1. The molecular formula is C35H40FN6O5P. The molecule has 1 aliphatic heterocycles. The lowest BCUT2D eigenvalue weighted by atomic mass is 9.67. The highest BCUT2D eigenvalue weighted by atomic mass is 31.0. The Balaban J connectivity index is 1.10. The average molecular weight is 675 g/mol. The highest BCUT2D eigenvalue weighted by Gasteiger charge is 2.50. The Hall–Kier alpha value is -4.38. The lowest BCUT2D eigenvalue weighted by Gasteiger charge is -2.38. The van der Waals surface area contributed by atoms with E-state index >= 15 is 0 Å². The quantitative estimate of drug-likeness (QED) is 0.124. The number of aromatic nitrogens is 2. The summed E-state index contributed by atoms with van der Waals surface area (Å²) in [7, 11) is 6.36. The third-order valence-corrected chi connectivity index (χ3v) is 9.46. The zero-order chi connectivity index (χ0) is 33.7. The van der Waals surface area contributed by atoms with E-state index < -0.39 is 23.0 Å². The highest BCUT2D eigenvalue weighted by Crippen LogP contribution is 2.43. The average Bonchev–Trinajstić information content (AvgIpc) is 3.05. The Labute approximate surface area is 281 Å². The van der Waals surface area contributed by atoms with Crippen molar-refractivity contribution in [2.75, 3.05) is 64.1 Å². The number of benzene rings is 3. The summed E-state index contributed by atoms with van der Waals surface area (Å²) in [5.74, 6) is 0.806. The molecule has 1 saturated heterocycles. The van der Waals surface area contributed by atoms with Gasteiger partial charge in [0.05, 0.1) is 24.6 Å². The van der Waals surface area contributed by atoms with Crippen LogP contribution in [0, 0.1) is 11.2 Å². The zero-order valence-corrected chi connectivity index (χ0v) is 28.3. The van der Waals surface area contributed by atoms with Crippen molar-refractivity contribution in [3.05, 3.63) is 66.7 Å². The summed E-state index contributed by atoms with van der Waals surface area (Å²) in [6.07, 6.45) is 3.95. The molecule has 13 heteroatoms. The van der Waals surface area contributed by atoms with Gasteiger partial charge in [-0.25, -0.2) is 14.4 Å². The van der Waals surface area contributed by atoms with Crippen molar-refractivity contribution in [3.8, 4) is 23.1 Å². The Kier molecular flexibility index (Phi) is 10.3. The van der Waals surface area contributed by atoms with E-state index in [1.54, 1.807) is 25.3 Å². The van der Waals surface area contributed by atoms with Crippen LogP contribution in [0.2, 0.25) is 0 Å². The molecule has 0 spiro atoms. The minimum Gasteiger partial charge on any atom is -0.493 e. The van der Waals surface area contributed by atoms with Gasteiger partial charge in [-0.1, -0.05) is 6.42 Å². The van der Waals surface area contributed by atoms with Crippen LogP contribution in [0.4, 0.5) is 15.8 Å². The van der Waals surface area contributed by atoms with Crippen LogP contribution in [0.25, 0.3) is 10.9 Å². The molecule has 1 atom stereocenters. The summed E-state index contributed by atoms with van der Waals surface area (Å²) in [5.41, 5.74) is 0.400. The van der Waals surface area contributed by atoms with Gasteiger partial charge in [0.1, 0.15) is 23.3 Å². The summed E-state index contributed by atoms with van der Waals surface area (Å²) < 4.78 is 31.3. The van der Waals surface area contributed by atoms with E-state index in [0.29, 0.717) is 70.2 Å². The maximum Gasteiger partial charge on any atom is 0.240 e. The number of nitrogens with one attached hydrogen (secondary N) is 2. The molecular weight excluding hydrogens is 634 g/mol. The SMILES string of the molecule is COc1cc2c(Oc3ccc(NC(=O)C4(C(=O)Nc5ccc(F)cc5)CCC4)cc3P)ncnc2cc1OCCCN1CCN(C)CC1. The molecule has 2 aliphatic rings. The van der Waals surface area contributed by atoms with Crippen molar-refractivity contribution in [2.45, 2.75) is 25.7 Å². The van der Waals surface area contributed by atoms with Crippen LogP contribution in [0.3, 0.4) is 0 Å². The van der Waals surface area contributed by atoms with E-state index in [-0.39, 0.29) is 0 Å². The van der Waals surface area contributed by atoms with Gasteiger partial charge in [-0.2, -0.15) is 0 Å². The lowest BCUT2D eigenvalue weighted by molar-refractivity contribution is -0.142. The number of hydrogen-bond donors (Lipinski definition) is 2. The molecule has 2 N–H and O–H groups in total. The van der Waals surface area contributed by atoms with E-state index in [0.717, 1.165) is 45.6 Å². The molecule has 2 heterocycles. The topological polar surface area (TPSA) is 118 Å². The molecule has 1 aliphatic carbocycles. The monoisotopic (exact) mass is 674 g/mol. The largest absolute Gasteiger partial charge is 0.493 e. The first-order valence-electron chi connectivity index (χ1n) is 16.1. The molecule has 2 amide bonds. The number of carbonyl (C=O) groups excluding carboxylic acids is 2. The third kappa shape index (κ3) is 7.51. The van der Waals surface area contributed by atoms with Crippen LogP contribution in [0.15, 0.2) is 60.9 Å². The van der Waals surface area contributed by atoms with Gasteiger partial charge in [0.15, 0.2) is 11.5 Å². The number of hydrogen-bond acceptors (Lipinski definition) is 9. The van der Waals surface area contributed by atoms with Gasteiger partial charge in [-0.15, -0.1) is 9.24 Å². The summed E-state index contributed by atoms with van der Waals surface area (Å²) in [6, 6.07) is 14.3. The number of ether oxygens (including phenoxy) is 3. The number of amides is 2. The van der Waals surface area contributed by atoms with Crippen LogP contribution in [0.1, 0.15) is 25.7 Å². The van der Waals surface area contributed by atoms with Crippen molar-refractivity contribution >= 4 is 48.6 Å². The molecule has 6 rings (SSSR count). The Morgan fingerprint density at radius 3 is 2.29 bits per heavy atom. The van der Waals surface area contributed by atoms with Crippen LogP contribution in [0.5, 0.6) is 23.1 Å². The second kappa shape index (κ2) is 14.8. The molecule has 2 fully saturated rings. The number of piperazine rings is 1. The molecule has 48 heavy (non-hydrogen) atoms. The smallest absolute Gasteiger partial charge is 0.240 e. The second-order valence-corrected chi connectivity index (χ2v) is 12.9. The van der Waals surface area contributed by atoms with Gasteiger partial charge < -0.3 is 34.6 Å². The number of nitrogens with zero attached hydrogens (tertiary/aromatic N) is 4. The van der Waals surface area contributed by atoms with Crippen molar-refractivity contribution in [3.63, 3.8) is 0 Å². The lowest BCUT2D eigenvalue weighted by Crippen LogP contribution is -2.50. The summed E-state index contributed by atoms with van der Waals surface area (Å²) >= 11 is 0. The van der Waals surface area contributed by atoms with E-state index in [1.807, 2.05) is 12.1 Å². The molecule has 0 bridgehead atoms. The Morgan fingerprint density at radius 1 is 0.917 bits per heavy atom. The van der Waals surface area contributed by atoms with Crippen LogP contribution < -0.4 is 30.1 Å². The van der Waals surface area contributed by atoms with E-state index in [2.05, 4.69) is 46.7 Å². The summed E-state index contributed by atoms with van der Waals surface area (Å²) in [5, 5.41) is 6.98. The highest BCUT2D eigenvalue weighted by molar-refractivity contribution is 7.27. The van der Waals surface area contributed by atoms with Gasteiger partial charge in [0.2, 0.25) is 17.7 Å². The molecule has 1 saturated carbocycles. The van der Waals surface area contributed by atoms with Crippen molar-refractivity contribution in [1.82, 2.24) is 19.8 Å². The number of anilines is 2. The minimum atomic E-state index is -1.20. The minimum absolute atomic E-state index is 0.339. The van der Waals surface area contributed by atoms with Crippen molar-refractivity contribution < 1.29 is 28.2 Å². The summed E-state index contributed by atoms with van der Waals surface area (Å²) in [4.78, 5) is 40.1. The molecule has 0 radical (unpaired) electrons. The molecule has 11 nitrogen and oxygen atoms in total. The van der Waals surface area contributed by atoms with Crippen LogP contribution >= 0.6 is 9.24 Å². The first kappa shape index (κ1) is 33.5. The predicted molar refractivity (Wildman–Crippen MR) is 186 cm³/mol. The number of rotatable bonds is 12. The van der Waals surface area contributed by atoms with Gasteiger partial charge in [-0.3, -0.25) is 9.59 Å². The van der Waals surface area contributed by atoms with Crippen LogP contribution in [-0.4, -0.2) is 85.1 Å². The van der Waals surface area contributed by atoms with Crippen LogP contribution in [-0.2, 0) is 9.59 Å². The van der Waals surface area contributed by atoms with Gasteiger partial charge in [0, 0.05) is 55.5 Å². The second-order valence-electron chi connectivity index (χ2n) is 12.3. The normalized spacial score (nSPS) is 16.2. The van der Waals surface area contributed by atoms with E-state index in [4.69, 9.17) is 14.2 Å². The number of halogens is 1. The third-order valence-electron chi connectivity index (χ3n) is 9.01. The fraction of sp³-hybridized carbons (Fsp3) is 0.371. The maximum absolute atomic E-state index is 13.4. The van der Waals surface area contributed by atoms with Crippen molar-refractivity contribution in [1.29, 1.82) is 0 Å². The fourth-order valence-corrected chi connectivity index (χ4v) is 6.22. The molecule has 1 aromatic heterocycles. The number of methoxy groups -OCH3 is 1. The van der Waals surface area contributed by atoms with E-state index in [1.165, 1.54) is 30.6 Å². The Bertz CT molecular complexity index is 1780. The fourth-order valence-electron chi connectivity index (χ4n) is 5.88. The van der Waals surface area contributed by atoms with E-state index in [9.17, 15) is 14.0 Å². The zero-order valence-electron chi connectivity index (χ0n) is 27.1. The van der Waals surface area contributed by atoms with Gasteiger partial charge in [-0.05, 0) is 74.8 Å². The first-order valence-corrected chi connectivity index (χ1v) is 16.6. The number of carbonyl (C=O) groups is 2. The Morgan fingerprint density at radius 2 is 1.62 bits per heavy atom. The van der Waals surface area contributed by atoms with Gasteiger partial charge in [0.25, 0.3) is 0 Å². The van der Waals surface area contributed by atoms with Gasteiger partial charge >= 0.3 is 0 Å². The van der Waals surface area contributed by atoms with Crippen molar-refractivity contribution in [2.24, 2.45) is 5.41 Å². The molecule has 1 unspecified atom stereocenters. The maximum atomic E-state index is 13.4. The first-order chi connectivity index (χ1) is 23.2. The molecule has 3 aromatic carbocycles. The molecule has 252 valence electrons. The predicted octanol–water partition coefficient (Wildman–Crippen LogP) is 4.83. The summed E-state index contributed by atoms with van der Waals surface area (Å²) in [6.45, 7) is 5.86. The number of fused-ring (bicyclic) bond motifs is 1. The molecule has 4 aromatic rings. The standard InChI is InChI=1S/C35H40FN6O5P/c1-41-14-16-42(17-15-41)13-4-18-46-30-21-27-26(20-29(30)45-2)32(38-22-37-27)47-28-10-9-25(19-31(28)48)40-34(44)35(11-3-12-35)33(43)39-24-7-5-23(36)6-8-24/h5-10,19-22H,3-4,11-18,48H2,1-2H3,(H,39,43)(H,40,44).